The van der Waals surface area contributed by atoms with Gasteiger partial charge in [0.05, 0.1) is 5.69 Å². The second-order valence-electron chi connectivity index (χ2n) is 4.98. The molecule has 3 nitrogen and oxygen atoms in total. The van der Waals surface area contributed by atoms with Gasteiger partial charge in [-0.05, 0) is 50.1 Å². The fourth-order valence-electron chi connectivity index (χ4n) is 2.62. The van der Waals surface area contributed by atoms with Crippen molar-refractivity contribution >= 4 is 0 Å². The number of rotatable bonds is 2. The molecule has 18 heavy (non-hydrogen) atoms. The number of hydrogen-bond acceptors (Lipinski definition) is 2. The highest BCUT2D eigenvalue weighted by Crippen LogP contribution is 2.23. The number of piperidine rings is 1. The van der Waals surface area contributed by atoms with E-state index in [1.807, 2.05) is 16.9 Å². The smallest absolute Gasteiger partial charge is 0.0648 e. The number of hydrogen-bond donors (Lipinski definition) is 1. The summed E-state index contributed by atoms with van der Waals surface area (Å²) in [5.74, 6) is 0. The first-order valence-electron chi connectivity index (χ1n) is 6.69. The molecular weight excluding hydrogens is 222 g/mol. The van der Waals surface area contributed by atoms with Crippen LogP contribution in [0.2, 0.25) is 0 Å². The van der Waals surface area contributed by atoms with Crippen LogP contribution in [0.5, 0.6) is 0 Å². The summed E-state index contributed by atoms with van der Waals surface area (Å²) in [7, 11) is 0. The van der Waals surface area contributed by atoms with Gasteiger partial charge in [0, 0.05) is 17.9 Å². The summed E-state index contributed by atoms with van der Waals surface area (Å²) in [4.78, 5) is 0. The first-order chi connectivity index (χ1) is 8.84. The van der Waals surface area contributed by atoms with Crippen molar-refractivity contribution in [2.45, 2.75) is 32.2 Å². The van der Waals surface area contributed by atoms with Gasteiger partial charge in [-0.1, -0.05) is 18.6 Å². The van der Waals surface area contributed by atoms with Crippen molar-refractivity contribution < 1.29 is 0 Å². The molecule has 1 saturated heterocycles. The molecule has 94 valence electrons. The van der Waals surface area contributed by atoms with Crippen molar-refractivity contribution in [1.29, 1.82) is 0 Å². The Balaban J connectivity index is 1.82. The lowest BCUT2D eigenvalue weighted by Crippen LogP contribution is -2.26. The minimum Gasteiger partial charge on any atom is -0.310 e. The number of nitrogens with zero attached hydrogens (tertiary/aromatic N) is 2. The molecule has 3 rings (SSSR count). The molecule has 1 atom stereocenters. The Morgan fingerprint density at radius 1 is 1.17 bits per heavy atom. The van der Waals surface area contributed by atoms with E-state index in [1.54, 1.807) is 0 Å². The molecule has 2 heterocycles. The topological polar surface area (TPSA) is 29.9 Å². The highest BCUT2D eigenvalue weighted by atomic mass is 15.3. The van der Waals surface area contributed by atoms with Gasteiger partial charge in [-0.2, -0.15) is 5.10 Å². The van der Waals surface area contributed by atoms with Crippen molar-refractivity contribution in [2.24, 2.45) is 0 Å². The summed E-state index contributed by atoms with van der Waals surface area (Å²) in [6.07, 6.45) is 5.73. The maximum atomic E-state index is 4.33. The highest BCUT2D eigenvalue weighted by molar-refractivity contribution is 5.36. The molecule has 0 radical (unpaired) electrons. The van der Waals surface area contributed by atoms with E-state index < -0.39 is 0 Å². The Morgan fingerprint density at radius 2 is 2.00 bits per heavy atom. The van der Waals surface area contributed by atoms with E-state index in [9.17, 15) is 0 Å². The van der Waals surface area contributed by atoms with Gasteiger partial charge in [0.15, 0.2) is 0 Å². The molecule has 1 unspecified atom stereocenters. The summed E-state index contributed by atoms with van der Waals surface area (Å²) in [6.45, 7) is 3.22. The van der Waals surface area contributed by atoms with Crippen LogP contribution in [0.1, 0.15) is 36.6 Å². The Labute approximate surface area is 108 Å². The van der Waals surface area contributed by atoms with E-state index in [2.05, 4.69) is 41.6 Å². The fraction of sp³-hybridized carbons (Fsp3) is 0.400. The Kier molecular flexibility index (Phi) is 3.15. The zero-order valence-corrected chi connectivity index (χ0v) is 10.8. The normalized spacial score (nSPS) is 19.9. The van der Waals surface area contributed by atoms with Crippen LogP contribution in [0.25, 0.3) is 5.69 Å². The molecule has 1 fully saturated rings. The average Bonchev–Trinajstić information content (AvgIpc) is 2.86. The van der Waals surface area contributed by atoms with Crippen molar-refractivity contribution in [3.05, 3.63) is 47.8 Å². The summed E-state index contributed by atoms with van der Waals surface area (Å²) in [6, 6.07) is 11.3. The van der Waals surface area contributed by atoms with E-state index in [-0.39, 0.29) is 0 Å². The van der Waals surface area contributed by atoms with Crippen molar-refractivity contribution in [2.75, 3.05) is 6.54 Å². The summed E-state index contributed by atoms with van der Waals surface area (Å²) in [5, 5.41) is 7.91. The van der Waals surface area contributed by atoms with Crippen LogP contribution in [0.4, 0.5) is 0 Å². The van der Waals surface area contributed by atoms with Crippen molar-refractivity contribution in [1.82, 2.24) is 15.1 Å². The molecule has 1 aliphatic heterocycles. The summed E-state index contributed by atoms with van der Waals surface area (Å²) < 4.78 is 1.97. The molecule has 1 N–H and O–H groups in total. The lowest BCUT2D eigenvalue weighted by atomic mass is 9.97. The van der Waals surface area contributed by atoms with Gasteiger partial charge < -0.3 is 5.32 Å². The van der Waals surface area contributed by atoms with Gasteiger partial charge in [-0.25, -0.2) is 4.68 Å². The predicted octanol–water partition coefficient (Wildman–Crippen LogP) is 3.00. The third-order valence-electron chi connectivity index (χ3n) is 3.68. The minimum absolute atomic E-state index is 0.534. The Morgan fingerprint density at radius 3 is 2.61 bits per heavy atom. The van der Waals surface area contributed by atoms with E-state index in [0.717, 1.165) is 12.2 Å². The van der Waals surface area contributed by atoms with Crippen LogP contribution in [-0.2, 0) is 0 Å². The molecule has 0 aliphatic carbocycles. The molecule has 1 aromatic carbocycles. The predicted molar refractivity (Wildman–Crippen MR) is 72.9 cm³/mol. The van der Waals surface area contributed by atoms with Crippen LogP contribution in [-0.4, -0.2) is 16.3 Å². The van der Waals surface area contributed by atoms with Gasteiger partial charge in [0.2, 0.25) is 0 Å². The molecule has 0 bridgehead atoms. The van der Waals surface area contributed by atoms with Gasteiger partial charge in [-0.3, -0.25) is 0 Å². The maximum Gasteiger partial charge on any atom is 0.0648 e. The quantitative estimate of drug-likeness (QED) is 0.876. The number of benzene rings is 1. The summed E-state index contributed by atoms with van der Waals surface area (Å²) in [5.41, 5.74) is 3.69. The lowest BCUT2D eigenvalue weighted by Gasteiger charge is -2.24. The van der Waals surface area contributed by atoms with Gasteiger partial charge in [0.1, 0.15) is 0 Å². The van der Waals surface area contributed by atoms with E-state index >= 15 is 0 Å². The lowest BCUT2D eigenvalue weighted by molar-refractivity contribution is 0.412. The first-order valence-corrected chi connectivity index (χ1v) is 6.69. The monoisotopic (exact) mass is 241 g/mol. The summed E-state index contributed by atoms with van der Waals surface area (Å²) >= 11 is 0. The number of aromatic nitrogens is 2. The molecule has 3 heteroatoms. The second-order valence-corrected chi connectivity index (χ2v) is 4.98. The average molecular weight is 241 g/mol. The SMILES string of the molecule is Cc1ccnn1-c1ccc(C2CCCCN2)cc1. The van der Waals surface area contributed by atoms with E-state index in [1.165, 1.54) is 30.5 Å². The fourth-order valence-corrected chi connectivity index (χ4v) is 2.62. The van der Waals surface area contributed by atoms with E-state index in [0.29, 0.717) is 6.04 Å². The minimum atomic E-state index is 0.534. The van der Waals surface area contributed by atoms with Gasteiger partial charge in [-0.15, -0.1) is 0 Å². The van der Waals surface area contributed by atoms with Crippen LogP contribution in [0.3, 0.4) is 0 Å². The molecule has 1 aliphatic rings. The zero-order chi connectivity index (χ0) is 12.4. The van der Waals surface area contributed by atoms with Crippen molar-refractivity contribution in [3.8, 4) is 5.69 Å². The van der Waals surface area contributed by atoms with Crippen LogP contribution in [0, 0.1) is 6.92 Å². The Bertz CT molecular complexity index is 507. The van der Waals surface area contributed by atoms with Gasteiger partial charge in [0.25, 0.3) is 0 Å². The molecule has 0 amide bonds. The Hall–Kier alpha value is -1.61. The van der Waals surface area contributed by atoms with Crippen LogP contribution < -0.4 is 5.32 Å². The third-order valence-corrected chi connectivity index (χ3v) is 3.68. The molecule has 2 aromatic rings. The highest BCUT2D eigenvalue weighted by Gasteiger charge is 2.14. The number of nitrogens with one attached hydrogen (secondary N) is 1. The largest absolute Gasteiger partial charge is 0.310 e. The van der Waals surface area contributed by atoms with Crippen molar-refractivity contribution in [3.63, 3.8) is 0 Å². The zero-order valence-electron chi connectivity index (χ0n) is 10.8. The second kappa shape index (κ2) is 4.94. The molecule has 1 aromatic heterocycles. The standard InChI is InChI=1S/C15H19N3/c1-12-9-11-17-18(12)14-7-5-13(6-8-14)15-4-2-3-10-16-15/h5-9,11,15-16H,2-4,10H2,1H3. The van der Waals surface area contributed by atoms with Crippen LogP contribution >= 0.6 is 0 Å². The van der Waals surface area contributed by atoms with Crippen LogP contribution in [0.15, 0.2) is 36.5 Å². The first kappa shape index (κ1) is 11.5. The maximum absolute atomic E-state index is 4.33. The molecular formula is C15H19N3. The third kappa shape index (κ3) is 2.18. The molecule has 0 saturated carbocycles. The van der Waals surface area contributed by atoms with Gasteiger partial charge >= 0.3 is 0 Å². The number of aryl methyl sites for hydroxylation is 1. The van der Waals surface area contributed by atoms with E-state index in [4.69, 9.17) is 0 Å². The molecule has 0 spiro atoms.